The Morgan fingerprint density at radius 2 is 1.95 bits per heavy atom. The molecule has 0 bridgehead atoms. The SMILES string of the molecule is Cc1ccc(-c2c(C(=O)O)nnn2CC(N)=O)cc1. The number of aromatic carboxylic acids is 1. The molecule has 0 saturated heterocycles. The van der Waals surface area contributed by atoms with Crippen molar-refractivity contribution in [3.8, 4) is 11.3 Å². The molecule has 0 fully saturated rings. The fraction of sp³-hybridized carbons (Fsp3) is 0.167. The van der Waals surface area contributed by atoms with Gasteiger partial charge in [-0.3, -0.25) is 4.79 Å². The molecular weight excluding hydrogens is 248 g/mol. The molecule has 1 amide bonds. The van der Waals surface area contributed by atoms with Crippen LogP contribution < -0.4 is 5.73 Å². The molecule has 0 aliphatic rings. The van der Waals surface area contributed by atoms with E-state index in [0.29, 0.717) is 5.56 Å². The van der Waals surface area contributed by atoms with Crippen LogP contribution in [0.1, 0.15) is 16.1 Å². The maximum atomic E-state index is 11.1. The van der Waals surface area contributed by atoms with Gasteiger partial charge in [0.15, 0.2) is 5.69 Å². The Balaban J connectivity index is 2.57. The molecule has 0 atom stereocenters. The van der Waals surface area contributed by atoms with Gasteiger partial charge in [0.05, 0.1) is 0 Å². The zero-order chi connectivity index (χ0) is 14.0. The monoisotopic (exact) mass is 260 g/mol. The van der Waals surface area contributed by atoms with Gasteiger partial charge in [-0.05, 0) is 6.92 Å². The lowest BCUT2D eigenvalue weighted by molar-refractivity contribution is -0.118. The van der Waals surface area contributed by atoms with Gasteiger partial charge in [0.1, 0.15) is 12.2 Å². The van der Waals surface area contributed by atoms with Crippen LogP contribution in [0.2, 0.25) is 0 Å². The van der Waals surface area contributed by atoms with Crippen molar-refractivity contribution in [1.29, 1.82) is 0 Å². The van der Waals surface area contributed by atoms with E-state index in [1.807, 2.05) is 19.1 Å². The fourth-order valence-corrected chi connectivity index (χ4v) is 1.71. The molecule has 7 heteroatoms. The summed E-state index contributed by atoms with van der Waals surface area (Å²) in [4.78, 5) is 22.1. The van der Waals surface area contributed by atoms with Gasteiger partial charge in [0, 0.05) is 5.56 Å². The third kappa shape index (κ3) is 2.59. The Hall–Kier alpha value is -2.70. The summed E-state index contributed by atoms with van der Waals surface area (Å²) in [6, 6.07) is 7.17. The molecule has 2 rings (SSSR count). The Labute approximate surface area is 108 Å². The number of aromatic nitrogens is 3. The second-order valence-corrected chi connectivity index (χ2v) is 4.08. The normalized spacial score (nSPS) is 10.4. The molecule has 19 heavy (non-hydrogen) atoms. The van der Waals surface area contributed by atoms with E-state index in [9.17, 15) is 9.59 Å². The summed E-state index contributed by atoms with van der Waals surface area (Å²) in [6.45, 7) is 1.70. The standard InChI is InChI=1S/C12H12N4O3/c1-7-2-4-8(5-3-7)11-10(12(18)19)14-15-16(11)6-9(13)17/h2-5H,6H2,1H3,(H2,13,17)(H,18,19). The van der Waals surface area contributed by atoms with Crippen LogP contribution in [0.25, 0.3) is 11.3 Å². The minimum atomic E-state index is -1.20. The lowest BCUT2D eigenvalue weighted by Crippen LogP contribution is -2.20. The number of hydrogen-bond donors (Lipinski definition) is 2. The Kier molecular flexibility index (Phi) is 3.28. The first kappa shape index (κ1) is 12.7. The van der Waals surface area contributed by atoms with Crippen LogP contribution in [-0.2, 0) is 11.3 Å². The highest BCUT2D eigenvalue weighted by Crippen LogP contribution is 2.22. The molecule has 2 aromatic rings. The zero-order valence-electron chi connectivity index (χ0n) is 10.2. The largest absolute Gasteiger partial charge is 0.476 e. The minimum absolute atomic E-state index is 0.204. The number of carbonyl (C=O) groups is 2. The summed E-state index contributed by atoms with van der Waals surface area (Å²) in [5, 5.41) is 16.3. The van der Waals surface area contributed by atoms with Crippen molar-refractivity contribution in [3.63, 3.8) is 0 Å². The van der Waals surface area contributed by atoms with Crippen molar-refractivity contribution in [1.82, 2.24) is 15.0 Å². The number of carboxylic acid groups (broad SMARTS) is 1. The number of aryl methyl sites for hydroxylation is 1. The van der Waals surface area contributed by atoms with Crippen LogP contribution >= 0.6 is 0 Å². The lowest BCUT2D eigenvalue weighted by Gasteiger charge is -2.05. The molecule has 0 saturated carbocycles. The van der Waals surface area contributed by atoms with Crippen LogP contribution in [0.3, 0.4) is 0 Å². The first-order chi connectivity index (χ1) is 8.99. The smallest absolute Gasteiger partial charge is 0.358 e. The summed E-state index contributed by atoms with van der Waals surface area (Å²) in [5.41, 5.74) is 6.83. The molecule has 3 N–H and O–H groups in total. The molecular formula is C12H12N4O3. The zero-order valence-corrected chi connectivity index (χ0v) is 10.2. The van der Waals surface area contributed by atoms with Gasteiger partial charge in [-0.25, -0.2) is 9.48 Å². The third-order valence-electron chi connectivity index (χ3n) is 2.57. The molecule has 0 spiro atoms. The lowest BCUT2D eigenvalue weighted by atomic mass is 10.1. The van der Waals surface area contributed by atoms with E-state index in [2.05, 4.69) is 10.3 Å². The highest BCUT2D eigenvalue weighted by molar-refractivity contribution is 5.93. The summed E-state index contributed by atoms with van der Waals surface area (Å²) < 4.78 is 1.19. The minimum Gasteiger partial charge on any atom is -0.476 e. The van der Waals surface area contributed by atoms with Gasteiger partial charge in [0.2, 0.25) is 5.91 Å². The number of amides is 1. The van der Waals surface area contributed by atoms with E-state index >= 15 is 0 Å². The fourth-order valence-electron chi connectivity index (χ4n) is 1.71. The summed E-state index contributed by atoms with van der Waals surface area (Å²) in [7, 11) is 0. The van der Waals surface area contributed by atoms with Gasteiger partial charge < -0.3 is 10.8 Å². The molecule has 1 aromatic heterocycles. The second kappa shape index (κ2) is 4.89. The number of carbonyl (C=O) groups excluding carboxylic acids is 1. The Morgan fingerprint density at radius 3 is 2.47 bits per heavy atom. The van der Waals surface area contributed by atoms with Crippen molar-refractivity contribution in [2.24, 2.45) is 5.73 Å². The number of benzene rings is 1. The van der Waals surface area contributed by atoms with E-state index in [1.54, 1.807) is 12.1 Å². The molecule has 98 valence electrons. The van der Waals surface area contributed by atoms with Crippen molar-refractivity contribution in [2.45, 2.75) is 13.5 Å². The summed E-state index contributed by atoms with van der Waals surface area (Å²) in [6.07, 6.45) is 0. The third-order valence-corrected chi connectivity index (χ3v) is 2.57. The van der Waals surface area contributed by atoms with Crippen LogP contribution in [-0.4, -0.2) is 32.0 Å². The predicted molar refractivity (Wildman–Crippen MR) is 66.3 cm³/mol. The van der Waals surface area contributed by atoms with Gasteiger partial charge in [-0.1, -0.05) is 35.0 Å². The second-order valence-electron chi connectivity index (χ2n) is 4.08. The van der Waals surface area contributed by atoms with Crippen LogP contribution in [0, 0.1) is 6.92 Å². The predicted octanol–water partition coefficient (Wildman–Crippen LogP) is 0.437. The van der Waals surface area contributed by atoms with Crippen LogP contribution in [0.15, 0.2) is 24.3 Å². The molecule has 0 aliphatic carbocycles. The van der Waals surface area contributed by atoms with Gasteiger partial charge in [-0.15, -0.1) is 5.10 Å². The quantitative estimate of drug-likeness (QED) is 0.828. The number of hydrogen-bond acceptors (Lipinski definition) is 4. The first-order valence-corrected chi connectivity index (χ1v) is 5.51. The van der Waals surface area contributed by atoms with E-state index < -0.39 is 11.9 Å². The molecule has 1 heterocycles. The number of rotatable bonds is 4. The Morgan fingerprint density at radius 1 is 1.32 bits per heavy atom. The molecule has 0 radical (unpaired) electrons. The summed E-state index contributed by atoms with van der Waals surface area (Å²) in [5.74, 6) is -1.82. The number of nitrogens with two attached hydrogens (primary N) is 1. The first-order valence-electron chi connectivity index (χ1n) is 5.51. The summed E-state index contributed by atoms with van der Waals surface area (Å²) >= 11 is 0. The maximum absolute atomic E-state index is 11.1. The molecule has 0 aliphatic heterocycles. The highest BCUT2D eigenvalue weighted by Gasteiger charge is 2.21. The van der Waals surface area contributed by atoms with E-state index in [0.717, 1.165) is 5.56 Å². The van der Waals surface area contributed by atoms with Gasteiger partial charge in [-0.2, -0.15) is 0 Å². The van der Waals surface area contributed by atoms with E-state index in [-0.39, 0.29) is 17.9 Å². The molecule has 7 nitrogen and oxygen atoms in total. The average Bonchev–Trinajstić information content (AvgIpc) is 2.73. The topological polar surface area (TPSA) is 111 Å². The number of primary amides is 1. The maximum Gasteiger partial charge on any atom is 0.358 e. The van der Waals surface area contributed by atoms with Crippen molar-refractivity contribution in [3.05, 3.63) is 35.5 Å². The number of carboxylic acids is 1. The van der Waals surface area contributed by atoms with Crippen molar-refractivity contribution >= 4 is 11.9 Å². The highest BCUT2D eigenvalue weighted by atomic mass is 16.4. The van der Waals surface area contributed by atoms with Crippen molar-refractivity contribution < 1.29 is 14.7 Å². The van der Waals surface area contributed by atoms with Crippen LogP contribution in [0.4, 0.5) is 0 Å². The van der Waals surface area contributed by atoms with E-state index in [4.69, 9.17) is 10.8 Å². The Bertz CT molecular complexity index is 631. The molecule has 1 aromatic carbocycles. The van der Waals surface area contributed by atoms with Crippen molar-refractivity contribution in [2.75, 3.05) is 0 Å². The van der Waals surface area contributed by atoms with E-state index in [1.165, 1.54) is 4.68 Å². The molecule has 0 unspecified atom stereocenters. The number of nitrogens with zero attached hydrogens (tertiary/aromatic N) is 3. The van der Waals surface area contributed by atoms with Gasteiger partial charge >= 0.3 is 5.97 Å². The average molecular weight is 260 g/mol. The van der Waals surface area contributed by atoms with Gasteiger partial charge in [0.25, 0.3) is 0 Å². The van der Waals surface area contributed by atoms with Crippen LogP contribution in [0.5, 0.6) is 0 Å².